The third-order valence-electron chi connectivity index (χ3n) is 3.26. The highest BCUT2D eigenvalue weighted by Gasteiger charge is 2.33. The molecule has 1 saturated heterocycles. The van der Waals surface area contributed by atoms with Crippen LogP contribution in [0, 0.1) is 3.57 Å². The molecule has 0 bridgehead atoms. The van der Waals surface area contributed by atoms with Gasteiger partial charge in [-0.2, -0.15) is 0 Å². The van der Waals surface area contributed by atoms with Crippen LogP contribution in [0.4, 0.5) is 0 Å². The van der Waals surface area contributed by atoms with E-state index in [4.69, 9.17) is 16.3 Å². The van der Waals surface area contributed by atoms with Crippen LogP contribution in [0.3, 0.4) is 0 Å². The smallest absolute Gasteiger partial charge is 0.252 e. The maximum atomic E-state index is 12.4. The van der Waals surface area contributed by atoms with Gasteiger partial charge in [0, 0.05) is 27.1 Å². The molecular weight excluding hydrogens is 444 g/mol. The molecule has 0 saturated carbocycles. The molecule has 104 valence electrons. The van der Waals surface area contributed by atoms with Crippen LogP contribution < -0.4 is 5.32 Å². The van der Waals surface area contributed by atoms with Crippen LogP contribution in [0.5, 0.6) is 0 Å². The summed E-state index contributed by atoms with van der Waals surface area (Å²) >= 11 is 11.6. The Balaban J connectivity index is 2.17. The standard InChI is InChI=1S/C13H14BrClINO2/c14-8-13(3-5-19-6-4-13)17-12(18)10-7-9(15)1-2-11(10)16/h1-2,7H,3-6,8H2,(H,17,18). The van der Waals surface area contributed by atoms with Crippen LogP contribution >= 0.6 is 50.1 Å². The van der Waals surface area contributed by atoms with Gasteiger partial charge in [0.15, 0.2) is 0 Å². The Morgan fingerprint density at radius 3 is 2.79 bits per heavy atom. The topological polar surface area (TPSA) is 38.3 Å². The summed E-state index contributed by atoms with van der Waals surface area (Å²) in [7, 11) is 0. The SMILES string of the molecule is O=C(NC1(CBr)CCOCC1)c1cc(Cl)ccc1I. The molecule has 0 aliphatic carbocycles. The van der Waals surface area contributed by atoms with Crippen LogP contribution in [0.25, 0.3) is 0 Å². The van der Waals surface area contributed by atoms with Crippen molar-refractivity contribution < 1.29 is 9.53 Å². The van der Waals surface area contributed by atoms with Gasteiger partial charge >= 0.3 is 0 Å². The van der Waals surface area contributed by atoms with Crippen molar-refractivity contribution in [3.05, 3.63) is 32.4 Å². The normalized spacial score (nSPS) is 18.1. The highest BCUT2D eigenvalue weighted by atomic mass is 127. The molecule has 1 aliphatic heterocycles. The fraction of sp³-hybridized carbons (Fsp3) is 0.462. The van der Waals surface area contributed by atoms with Gasteiger partial charge in [-0.15, -0.1) is 0 Å². The number of ether oxygens (including phenoxy) is 1. The zero-order valence-electron chi connectivity index (χ0n) is 10.2. The van der Waals surface area contributed by atoms with E-state index in [1.807, 2.05) is 6.07 Å². The van der Waals surface area contributed by atoms with Crippen molar-refractivity contribution in [1.29, 1.82) is 0 Å². The molecule has 19 heavy (non-hydrogen) atoms. The van der Waals surface area contributed by atoms with Gasteiger partial charge < -0.3 is 10.1 Å². The molecule has 1 heterocycles. The summed E-state index contributed by atoms with van der Waals surface area (Å²) in [6.45, 7) is 1.36. The maximum absolute atomic E-state index is 12.4. The first-order valence-corrected chi connectivity index (χ1v) is 8.55. The summed E-state index contributed by atoms with van der Waals surface area (Å²) in [6, 6.07) is 5.34. The third kappa shape index (κ3) is 3.83. The average molecular weight is 459 g/mol. The molecular formula is C13H14BrClINO2. The Morgan fingerprint density at radius 1 is 1.47 bits per heavy atom. The number of benzene rings is 1. The van der Waals surface area contributed by atoms with E-state index < -0.39 is 0 Å². The molecule has 6 heteroatoms. The summed E-state index contributed by atoms with van der Waals surface area (Å²) in [6.07, 6.45) is 1.64. The third-order valence-corrected chi connectivity index (χ3v) is 5.51. The first kappa shape index (κ1) is 15.5. The summed E-state index contributed by atoms with van der Waals surface area (Å²) in [4.78, 5) is 12.4. The van der Waals surface area contributed by atoms with Crippen molar-refractivity contribution in [3.63, 3.8) is 0 Å². The minimum absolute atomic E-state index is 0.0757. The van der Waals surface area contributed by atoms with Gasteiger partial charge in [-0.3, -0.25) is 4.79 Å². The van der Waals surface area contributed by atoms with Crippen LogP contribution in [-0.4, -0.2) is 30.0 Å². The predicted molar refractivity (Wildman–Crippen MR) is 88.2 cm³/mol. The average Bonchev–Trinajstić information content (AvgIpc) is 2.42. The molecule has 0 atom stereocenters. The molecule has 0 radical (unpaired) electrons. The van der Waals surface area contributed by atoms with Crippen molar-refractivity contribution >= 4 is 56.0 Å². The van der Waals surface area contributed by atoms with Crippen LogP contribution in [0.15, 0.2) is 18.2 Å². The molecule has 3 nitrogen and oxygen atoms in total. The van der Waals surface area contributed by atoms with Gasteiger partial charge in [0.05, 0.1) is 11.1 Å². The number of halogens is 3. The summed E-state index contributed by atoms with van der Waals surface area (Å²) in [5.41, 5.74) is 0.403. The van der Waals surface area contributed by atoms with Gasteiger partial charge in [0.1, 0.15) is 0 Å². The minimum atomic E-state index is -0.221. The van der Waals surface area contributed by atoms with E-state index in [1.54, 1.807) is 12.1 Å². The van der Waals surface area contributed by atoms with E-state index in [1.165, 1.54) is 0 Å². The molecule has 1 aliphatic rings. The monoisotopic (exact) mass is 457 g/mol. The van der Waals surface area contributed by atoms with E-state index in [0.717, 1.165) is 21.7 Å². The van der Waals surface area contributed by atoms with Crippen LogP contribution in [0.2, 0.25) is 5.02 Å². The molecule has 0 spiro atoms. The van der Waals surface area contributed by atoms with Crippen LogP contribution in [-0.2, 0) is 4.74 Å². The van der Waals surface area contributed by atoms with E-state index in [-0.39, 0.29) is 11.4 Å². The van der Waals surface area contributed by atoms with E-state index in [9.17, 15) is 4.79 Å². The first-order valence-electron chi connectivity index (χ1n) is 5.98. The number of hydrogen-bond donors (Lipinski definition) is 1. The number of carbonyl (C=O) groups is 1. The van der Waals surface area contributed by atoms with E-state index >= 15 is 0 Å². The number of nitrogens with one attached hydrogen (secondary N) is 1. The zero-order valence-corrected chi connectivity index (χ0v) is 14.7. The van der Waals surface area contributed by atoms with Gasteiger partial charge in [-0.05, 0) is 53.6 Å². The fourth-order valence-electron chi connectivity index (χ4n) is 2.03. The lowest BCUT2D eigenvalue weighted by Gasteiger charge is -2.36. The highest BCUT2D eigenvalue weighted by molar-refractivity contribution is 14.1. The predicted octanol–water partition coefficient (Wildman–Crippen LogP) is 3.62. The van der Waals surface area contributed by atoms with Crippen molar-refractivity contribution in [2.45, 2.75) is 18.4 Å². The van der Waals surface area contributed by atoms with Crippen molar-refractivity contribution in [3.8, 4) is 0 Å². The Kier molecular flexibility index (Phi) is 5.51. The molecule has 0 aromatic heterocycles. The van der Waals surface area contributed by atoms with Crippen molar-refractivity contribution in [2.24, 2.45) is 0 Å². The number of carbonyl (C=O) groups excluding carboxylic acids is 1. The largest absolute Gasteiger partial charge is 0.381 e. The Labute approximate surface area is 139 Å². The zero-order chi connectivity index (χ0) is 13.9. The minimum Gasteiger partial charge on any atom is -0.381 e. The molecule has 1 fully saturated rings. The van der Waals surface area contributed by atoms with Crippen molar-refractivity contribution in [1.82, 2.24) is 5.32 Å². The van der Waals surface area contributed by atoms with Gasteiger partial charge in [-0.1, -0.05) is 27.5 Å². The lowest BCUT2D eigenvalue weighted by Crippen LogP contribution is -2.53. The number of alkyl halides is 1. The molecule has 1 aromatic rings. The molecule has 0 unspecified atom stereocenters. The second-order valence-electron chi connectivity index (χ2n) is 4.60. The maximum Gasteiger partial charge on any atom is 0.252 e. The summed E-state index contributed by atoms with van der Waals surface area (Å²) in [5.74, 6) is -0.0757. The van der Waals surface area contributed by atoms with Crippen molar-refractivity contribution in [2.75, 3.05) is 18.5 Å². The molecule has 1 aromatic carbocycles. The lowest BCUT2D eigenvalue weighted by atomic mass is 9.92. The first-order chi connectivity index (χ1) is 9.06. The fourth-order valence-corrected chi connectivity index (χ4v) is 3.49. The summed E-state index contributed by atoms with van der Waals surface area (Å²) < 4.78 is 6.26. The lowest BCUT2D eigenvalue weighted by molar-refractivity contribution is 0.0441. The van der Waals surface area contributed by atoms with Gasteiger partial charge in [0.25, 0.3) is 5.91 Å². The number of hydrogen-bond acceptors (Lipinski definition) is 2. The Hall–Kier alpha value is 0.150. The number of rotatable bonds is 3. The Morgan fingerprint density at radius 2 is 2.16 bits per heavy atom. The van der Waals surface area contributed by atoms with E-state index in [0.29, 0.717) is 23.8 Å². The molecule has 2 rings (SSSR count). The highest BCUT2D eigenvalue weighted by Crippen LogP contribution is 2.25. The number of amides is 1. The Bertz CT molecular complexity index is 478. The molecule has 1 N–H and O–H groups in total. The second-order valence-corrected chi connectivity index (χ2v) is 6.76. The van der Waals surface area contributed by atoms with Gasteiger partial charge in [0.2, 0.25) is 0 Å². The van der Waals surface area contributed by atoms with Gasteiger partial charge in [-0.25, -0.2) is 0 Å². The van der Waals surface area contributed by atoms with Crippen LogP contribution in [0.1, 0.15) is 23.2 Å². The summed E-state index contributed by atoms with van der Waals surface area (Å²) in [5, 5.41) is 4.44. The second kappa shape index (κ2) is 6.74. The quantitative estimate of drug-likeness (QED) is 0.555. The molecule has 1 amide bonds. The van der Waals surface area contributed by atoms with E-state index in [2.05, 4.69) is 43.8 Å².